The first-order valence-electron chi connectivity index (χ1n) is 10.8. The van der Waals surface area contributed by atoms with Crippen molar-refractivity contribution in [3.8, 4) is 5.75 Å². The van der Waals surface area contributed by atoms with Gasteiger partial charge in [-0.15, -0.1) is 0 Å². The summed E-state index contributed by atoms with van der Waals surface area (Å²) >= 11 is 0. The third-order valence-corrected chi connectivity index (χ3v) is 6.02. The molecule has 0 bridgehead atoms. The highest BCUT2D eigenvalue weighted by Gasteiger charge is 2.28. The number of amides is 1. The first-order valence-corrected chi connectivity index (χ1v) is 10.8. The number of rotatable bonds is 6. The van der Waals surface area contributed by atoms with Crippen molar-refractivity contribution in [2.24, 2.45) is 0 Å². The highest BCUT2D eigenvalue weighted by atomic mass is 16.3. The molecule has 0 radical (unpaired) electrons. The van der Waals surface area contributed by atoms with Crippen molar-refractivity contribution >= 4 is 11.6 Å². The highest BCUT2D eigenvalue weighted by molar-refractivity contribution is 5.82. The minimum Gasteiger partial charge on any atom is -0.506 e. The standard InChI is InChI=1S/C26H29N3O2/c1-20(28-16-18-29(19-17-28)23-14-8-9-15-24(23)30)26(31)27-25(21-10-4-2-5-11-21)22-12-6-3-7-13-22/h2-15,20,25,30H,16-19H2,1H3,(H,27,31)/t20-/m1/s1. The number of nitrogens with zero attached hydrogens (tertiary/aromatic N) is 2. The Kier molecular flexibility index (Phi) is 6.53. The molecule has 160 valence electrons. The monoisotopic (exact) mass is 415 g/mol. The average Bonchev–Trinajstić information content (AvgIpc) is 2.83. The lowest BCUT2D eigenvalue weighted by Gasteiger charge is -2.39. The molecule has 1 saturated heterocycles. The lowest BCUT2D eigenvalue weighted by molar-refractivity contribution is -0.126. The van der Waals surface area contributed by atoms with Crippen molar-refractivity contribution in [1.29, 1.82) is 0 Å². The molecule has 0 spiro atoms. The van der Waals surface area contributed by atoms with Crippen molar-refractivity contribution < 1.29 is 9.90 Å². The first kappa shape index (κ1) is 20.9. The normalized spacial score (nSPS) is 15.6. The molecule has 1 amide bonds. The van der Waals surface area contributed by atoms with Crippen LogP contribution in [-0.4, -0.2) is 48.1 Å². The van der Waals surface area contributed by atoms with E-state index < -0.39 is 0 Å². The number of phenols is 1. The second kappa shape index (κ2) is 9.67. The third kappa shape index (κ3) is 4.89. The lowest BCUT2D eigenvalue weighted by atomic mass is 9.98. The van der Waals surface area contributed by atoms with Gasteiger partial charge in [-0.25, -0.2) is 0 Å². The summed E-state index contributed by atoms with van der Waals surface area (Å²) in [6.45, 7) is 5.05. The van der Waals surface area contributed by atoms with Crippen LogP contribution in [-0.2, 0) is 4.79 Å². The average molecular weight is 416 g/mol. The number of phenolic OH excluding ortho intramolecular Hbond substituents is 1. The number of para-hydroxylation sites is 2. The SMILES string of the molecule is C[C@H](C(=O)NC(c1ccccc1)c1ccccc1)N1CCN(c2ccccc2O)CC1. The van der Waals surface area contributed by atoms with Crippen molar-refractivity contribution in [1.82, 2.24) is 10.2 Å². The van der Waals surface area contributed by atoms with Gasteiger partial charge in [0.2, 0.25) is 5.91 Å². The van der Waals surface area contributed by atoms with Crippen LogP contribution in [0.2, 0.25) is 0 Å². The molecule has 1 heterocycles. The number of carbonyl (C=O) groups is 1. The van der Waals surface area contributed by atoms with Crippen LogP contribution in [0.15, 0.2) is 84.9 Å². The fraction of sp³-hybridized carbons (Fsp3) is 0.269. The molecule has 0 unspecified atom stereocenters. The van der Waals surface area contributed by atoms with Crippen LogP contribution in [0.3, 0.4) is 0 Å². The first-order chi connectivity index (χ1) is 15.1. The molecule has 5 nitrogen and oxygen atoms in total. The number of piperazine rings is 1. The zero-order chi connectivity index (χ0) is 21.6. The maximum Gasteiger partial charge on any atom is 0.237 e. The van der Waals surface area contributed by atoms with E-state index in [9.17, 15) is 9.90 Å². The van der Waals surface area contributed by atoms with Gasteiger partial charge >= 0.3 is 0 Å². The number of benzene rings is 3. The van der Waals surface area contributed by atoms with Crippen LogP contribution in [0, 0.1) is 0 Å². The van der Waals surface area contributed by atoms with E-state index >= 15 is 0 Å². The van der Waals surface area contributed by atoms with Gasteiger partial charge in [-0.3, -0.25) is 9.69 Å². The number of anilines is 1. The van der Waals surface area contributed by atoms with Crippen molar-refractivity contribution in [2.45, 2.75) is 19.0 Å². The minimum absolute atomic E-state index is 0.0220. The molecule has 0 aromatic heterocycles. The number of carbonyl (C=O) groups excluding carboxylic acids is 1. The van der Waals surface area contributed by atoms with Crippen LogP contribution in [0.5, 0.6) is 5.75 Å². The summed E-state index contributed by atoms with van der Waals surface area (Å²) < 4.78 is 0. The van der Waals surface area contributed by atoms with Gasteiger partial charge in [0.15, 0.2) is 0 Å². The fourth-order valence-corrected chi connectivity index (χ4v) is 4.16. The fourth-order valence-electron chi connectivity index (χ4n) is 4.16. The summed E-state index contributed by atoms with van der Waals surface area (Å²) in [5, 5.41) is 13.4. The summed E-state index contributed by atoms with van der Waals surface area (Å²) in [4.78, 5) is 17.6. The van der Waals surface area contributed by atoms with Crippen molar-refractivity contribution in [3.05, 3.63) is 96.1 Å². The van der Waals surface area contributed by atoms with Gasteiger partial charge in [0, 0.05) is 26.2 Å². The van der Waals surface area contributed by atoms with Crippen LogP contribution in [0.1, 0.15) is 24.1 Å². The number of hydrogen-bond donors (Lipinski definition) is 2. The van der Waals surface area contributed by atoms with Gasteiger partial charge in [0.05, 0.1) is 17.8 Å². The molecule has 1 fully saturated rings. The number of aromatic hydroxyl groups is 1. The highest BCUT2D eigenvalue weighted by Crippen LogP contribution is 2.28. The van der Waals surface area contributed by atoms with Crippen LogP contribution < -0.4 is 10.2 Å². The minimum atomic E-state index is -0.235. The Morgan fingerprint density at radius 2 is 1.32 bits per heavy atom. The molecule has 3 aromatic carbocycles. The molecule has 2 N–H and O–H groups in total. The number of nitrogens with one attached hydrogen (secondary N) is 1. The van der Waals surface area contributed by atoms with E-state index in [1.54, 1.807) is 6.07 Å². The predicted molar refractivity (Wildman–Crippen MR) is 124 cm³/mol. The zero-order valence-electron chi connectivity index (χ0n) is 17.8. The summed E-state index contributed by atoms with van der Waals surface area (Å²) in [5.74, 6) is 0.323. The van der Waals surface area contributed by atoms with Crippen molar-refractivity contribution in [2.75, 3.05) is 31.1 Å². The largest absolute Gasteiger partial charge is 0.506 e. The maximum absolute atomic E-state index is 13.2. The van der Waals surface area contributed by atoms with Gasteiger partial charge < -0.3 is 15.3 Å². The van der Waals surface area contributed by atoms with E-state index in [4.69, 9.17) is 0 Å². The maximum atomic E-state index is 13.2. The lowest BCUT2D eigenvalue weighted by Crippen LogP contribution is -2.54. The Morgan fingerprint density at radius 1 is 0.806 bits per heavy atom. The summed E-state index contributed by atoms with van der Waals surface area (Å²) in [6.07, 6.45) is 0. The van der Waals surface area contributed by atoms with Gasteiger partial charge in [-0.05, 0) is 30.2 Å². The number of hydrogen-bond acceptors (Lipinski definition) is 4. The third-order valence-electron chi connectivity index (χ3n) is 6.02. The molecule has 1 aliphatic rings. The zero-order valence-corrected chi connectivity index (χ0v) is 17.8. The van der Waals surface area contributed by atoms with Gasteiger partial charge in [0.25, 0.3) is 0 Å². The second-order valence-corrected chi connectivity index (χ2v) is 7.95. The van der Waals surface area contributed by atoms with E-state index in [-0.39, 0.29) is 18.0 Å². The Morgan fingerprint density at radius 3 is 1.87 bits per heavy atom. The van der Waals surface area contributed by atoms with E-state index in [1.165, 1.54) is 0 Å². The summed E-state index contributed by atoms with van der Waals surface area (Å²) in [6, 6.07) is 27.2. The quantitative estimate of drug-likeness (QED) is 0.643. The van der Waals surface area contributed by atoms with Crippen LogP contribution in [0.4, 0.5) is 5.69 Å². The predicted octanol–water partition coefficient (Wildman–Crippen LogP) is 3.81. The Labute approximate surface area is 183 Å². The summed E-state index contributed by atoms with van der Waals surface area (Å²) in [5.41, 5.74) is 2.99. The molecule has 0 saturated carbocycles. The Bertz CT molecular complexity index is 946. The second-order valence-electron chi connectivity index (χ2n) is 7.95. The Balaban J connectivity index is 1.42. The molecular formula is C26H29N3O2. The van der Waals surface area contributed by atoms with E-state index in [0.29, 0.717) is 5.75 Å². The molecular weight excluding hydrogens is 386 g/mol. The van der Waals surface area contributed by atoms with Crippen LogP contribution >= 0.6 is 0 Å². The molecule has 4 rings (SSSR count). The van der Waals surface area contributed by atoms with Gasteiger partial charge in [0.1, 0.15) is 5.75 Å². The smallest absolute Gasteiger partial charge is 0.237 e. The van der Waals surface area contributed by atoms with Gasteiger partial charge in [-0.2, -0.15) is 0 Å². The molecule has 3 aromatic rings. The molecule has 1 aliphatic heterocycles. The Hall–Kier alpha value is -3.31. The molecule has 0 aliphatic carbocycles. The van der Waals surface area contributed by atoms with E-state index in [0.717, 1.165) is 43.0 Å². The van der Waals surface area contributed by atoms with E-state index in [2.05, 4.69) is 15.1 Å². The molecule has 31 heavy (non-hydrogen) atoms. The van der Waals surface area contributed by atoms with Crippen molar-refractivity contribution in [3.63, 3.8) is 0 Å². The summed E-state index contributed by atoms with van der Waals surface area (Å²) in [7, 11) is 0. The molecule has 1 atom stereocenters. The van der Waals surface area contributed by atoms with Gasteiger partial charge in [-0.1, -0.05) is 72.8 Å². The topological polar surface area (TPSA) is 55.8 Å². The van der Waals surface area contributed by atoms with E-state index in [1.807, 2.05) is 85.8 Å². The van der Waals surface area contributed by atoms with Crippen LogP contribution in [0.25, 0.3) is 0 Å². The molecule has 5 heteroatoms.